The molecule has 1 aliphatic rings. The Morgan fingerprint density at radius 1 is 1.38 bits per heavy atom. The highest BCUT2D eigenvalue weighted by atomic mass is 19.3. The maximum absolute atomic E-state index is 12.6. The van der Waals surface area contributed by atoms with Crippen LogP contribution in [0.5, 0.6) is 5.75 Å². The molecule has 0 radical (unpaired) electrons. The molecule has 0 spiro atoms. The summed E-state index contributed by atoms with van der Waals surface area (Å²) in [5, 5.41) is 20.2. The second-order valence-electron chi connectivity index (χ2n) is 7.40. The van der Waals surface area contributed by atoms with Crippen LogP contribution in [0.25, 0.3) is 0 Å². The molecule has 0 bridgehead atoms. The normalized spacial score (nSPS) is 24.2. The largest absolute Gasteiger partial charge is 0.481 e. The van der Waals surface area contributed by atoms with Crippen molar-refractivity contribution in [2.75, 3.05) is 13.1 Å². The molecule has 26 heavy (non-hydrogen) atoms. The Bertz CT molecular complexity index is 611. The van der Waals surface area contributed by atoms with Crippen LogP contribution in [0, 0.1) is 11.3 Å². The Hall–Kier alpha value is -1.73. The summed E-state index contributed by atoms with van der Waals surface area (Å²) in [5.41, 5.74) is -0.659. The van der Waals surface area contributed by atoms with Crippen molar-refractivity contribution in [1.29, 1.82) is 0 Å². The van der Waals surface area contributed by atoms with Crippen LogP contribution in [-0.2, 0) is 11.3 Å². The van der Waals surface area contributed by atoms with E-state index in [-0.39, 0.29) is 12.3 Å². The van der Waals surface area contributed by atoms with Gasteiger partial charge in [0.15, 0.2) is 0 Å². The first-order valence-corrected chi connectivity index (χ1v) is 8.91. The smallest absolute Gasteiger partial charge is 0.387 e. The predicted molar refractivity (Wildman–Crippen MR) is 93.1 cm³/mol. The Kier molecular flexibility index (Phi) is 6.94. The van der Waals surface area contributed by atoms with Crippen molar-refractivity contribution in [3.8, 4) is 5.75 Å². The molecule has 0 unspecified atom stereocenters. The van der Waals surface area contributed by atoms with Gasteiger partial charge < -0.3 is 14.9 Å². The first kappa shape index (κ1) is 20.6. The van der Waals surface area contributed by atoms with Gasteiger partial charge in [0.05, 0.1) is 6.10 Å². The average molecular weight is 371 g/mol. The number of ether oxygens (including phenoxy) is 1. The van der Waals surface area contributed by atoms with Gasteiger partial charge in [-0.3, -0.25) is 9.69 Å². The van der Waals surface area contributed by atoms with E-state index in [1.807, 2.05) is 18.7 Å². The lowest BCUT2D eigenvalue weighted by molar-refractivity contribution is -0.165. The van der Waals surface area contributed by atoms with Crippen molar-refractivity contribution in [1.82, 2.24) is 4.90 Å². The number of halogens is 2. The molecule has 146 valence electrons. The van der Waals surface area contributed by atoms with Gasteiger partial charge in [-0.25, -0.2) is 0 Å². The number of aliphatic hydroxyl groups excluding tert-OH is 1. The number of aliphatic hydroxyl groups is 1. The summed E-state index contributed by atoms with van der Waals surface area (Å²) in [4.78, 5) is 13.9. The molecule has 1 aromatic carbocycles. The lowest BCUT2D eigenvalue weighted by atomic mass is 9.72. The molecule has 2 rings (SSSR count). The number of rotatable bonds is 8. The summed E-state index contributed by atoms with van der Waals surface area (Å²) >= 11 is 0. The van der Waals surface area contributed by atoms with Crippen molar-refractivity contribution in [2.45, 2.75) is 52.4 Å². The molecule has 1 saturated heterocycles. The van der Waals surface area contributed by atoms with Gasteiger partial charge in [0.1, 0.15) is 11.2 Å². The molecule has 1 aliphatic heterocycles. The number of carboxylic acids is 1. The van der Waals surface area contributed by atoms with Crippen LogP contribution >= 0.6 is 0 Å². The van der Waals surface area contributed by atoms with Crippen LogP contribution in [0.2, 0.25) is 0 Å². The molecule has 7 heteroatoms. The first-order valence-electron chi connectivity index (χ1n) is 8.91. The van der Waals surface area contributed by atoms with Crippen LogP contribution in [0.3, 0.4) is 0 Å². The molecular formula is C19H27F2NO4. The highest BCUT2D eigenvalue weighted by Crippen LogP contribution is 2.37. The minimum absolute atomic E-state index is 0.0942. The van der Waals surface area contributed by atoms with Crippen LogP contribution in [-0.4, -0.2) is 46.9 Å². The lowest BCUT2D eigenvalue weighted by Crippen LogP contribution is -2.55. The Balaban J connectivity index is 2.17. The van der Waals surface area contributed by atoms with Crippen molar-refractivity contribution in [3.05, 3.63) is 29.8 Å². The fourth-order valence-corrected chi connectivity index (χ4v) is 3.49. The third kappa shape index (κ3) is 4.92. The van der Waals surface area contributed by atoms with Crippen LogP contribution in [0.1, 0.15) is 38.7 Å². The third-order valence-electron chi connectivity index (χ3n) is 5.04. The number of benzene rings is 1. The fourth-order valence-electron chi connectivity index (χ4n) is 3.49. The Labute approximate surface area is 152 Å². The summed E-state index contributed by atoms with van der Waals surface area (Å²) in [6.07, 6.45) is 0.500. The molecular weight excluding hydrogens is 344 g/mol. The van der Waals surface area contributed by atoms with Gasteiger partial charge in [-0.2, -0.15) is 8.78 Å². The van der Waals surface area contributed by atoms with E-state index in [0.717, 1.165) is 0 Å². The van der Waals surface area contributed by atoms with Crippen molar-refractivity contribution in [3.63, 3.8) is 0 Å². The summed E-state index contributed by atoms with van der Waals surface area (Å²) in [7, 11) is 0. The minimum atomic E-state index is -2.91. The van der Waals surface area contributed by atoms with Gasteiger partial charge in [0.2, 0.25) is 0 Å². The number of carboxylic acid groups (broad SMARTS) is 1. The first-order chi connectivity index (χ1) is 12.2. The highest BCUT2D eigenvalue weighted by molar-refractivity contribution is 5.76. The summed E-state index contributed by atoms with van der Waals surface area (Å²) in [5.74, 6) is -0.585. The van der Waals surface area contributed by atoms with Crippen LogP contribution in [0.15, 0.2) is 24.3 Å². The van der Waals surface area contributed by atoms with E-state index < -0.39 is 24.1 Å². The van der Waals surface area contributed by atoms with E-state index in [1.165, 1.54) is 6.07 Å². The predicted octanol–water partition coefficient (Wildman–Crippen LogP) is 3.36. The minimum Gasteiger partial charge on any atom is -0.481 e. The molecule has 0 saturated carbocycles. The molecule has 0 aliphatic carbocycles. The van der Waals surface area contributed by atoms with E-state index in [0.29, 0.717) is 43.8 Å². The Morgan fingerprint density at radius 2 is 2.08 bits per heavy atom. The van der Waals surface area contributed by atoms with Crippen LogP contribution < -0.4 is 4.74 Å². The van der Waals surface area contributed by atoms with Gasteiger partial charge in [0.25, 0.3) is 0 Å². The molecule has 2 N–H and O–H groups in total. The standard InChI is InChI=1S/C19H27F2NO4/c1-13(2)7-9-19(17(24)25)12-22(10-8-16(19)23)11-14-5-3-4-6-15(14)26-18(20)21/h3-6,13,16,18,23H,7-12H2,1-2H3,(H,24,25)/t16-,19-/m1/s1. The number of carbonyl (C=O) groups is 1. The maximum Gasteiger partial charge on any atom is 0.387 e. The molecule has 5 nitrogen and oxygen atoms in total. The number of para-hydroxylation sites is 1. The monoisotopic (exact) mass is 371 g/mol. The number of alkyl halides is 2. The Morgan fingerprint density at radius 3 is 2.69 bits per heavy atom. The van der Waals surface area contributed by atoms with E-state index in [9.17, 15) is 23.8 Å². The van der Waals surface area contributed by atoms with E-state index in [4.69, 9.17) is 0 Å². The van der Waals surface area contributed by atoms with Gasteiger partial charge in [0, 0.05) is 25.2 Å². The molecule has 2 atom stereocenters. The number of hydrogen-bond donors (Lipinski definition) is 2. The van der Waals surface area contributed by atoms with Crippen molar-refractivity contribution >= 4 is 5.97 Å². The lowest BCUT2D eigenvalue weighted by Gasteiger charge is -2.44. The zero-order chi connectivity index (χ0) is 19.3. The second kappa shape index (κ2) is 8.77. The molecule has 0 aromatic heterocycles. The maximum atomic E-state index is 12.6. The number of piperidine rings is 1. The van der Waals surface area contributed by atoms with E-state index in [1.54, 1.807) is 18.2 Å². The van der Waals surface area contributed by atoms with Crippen molar-refractivity contribution < 1.29 is 28.5 Å². The van der Waals surface area contributed by atoms with Gasteiger partial charge >= 0.3 is 12.6 Å². The van der Waals surface area contributed by atoms with Crippen molar-refractivity contribution in [2.24, 2.45) is 11.3 Å². The summed E-state index contributed by atoms with van der Waals surface area (Å²) < 4.78 is 29.7. The summed E-state index contributed by atoms with van der Waals surface area (Å²) in [6, 6.07) is 6.52. The zero-order valence-electron chi connectivity index (χ0n) is 15.2. The van der Waals surface area contributed by atoms with Crippen LogP contribution in [0.4, 0.5) is 8.78 Å². The molecule has 1 aromatic rings. The number of likely N-dealkylation sites (tertiary alicyclic amines) is 1. The van der Waals surface area contributed by atoms with E-state index in [2.05, 4.69) is 4.74 Å². The highest BCUT2D eigenvalue weighted by Gasteiger charge is 2.48. The molecule has 0 amide bonds. The van der Waals surface area contributed by atoms with Gasteiger partial charge in [-0.15, -0.1) is 0 Å². The summed E-state index contributed by atoms with van der Waals surface area (Å²) in [6.45, 7) is 2.09. The topological polar surface area (TPSA) is 70.0 Å². The molecule has 1 heterocycles. The third-order valence-corrected chi connectivity index (χ3v) is 5.04. The van der Waals surface area contributed by atoms with Gasteiger partial charge in [-0.05, 0) is 31.2 Å². The quantitative estimate of drug-likeness (QED) is 0.733. The number of hydrogen-bond acceptors (Lipinski definition) is 4. The van der Waals surface area contributed by atoms with E-state index >= 15 is 0 Å². The number of aliphatic carboxylic acids is 1. The van der Waals surface area contributed by atoms with Gasteiger partial charge in [-0.1, -0.05) is 32.0 Å². The zero-order valence-corrected chi connectivity index (χ0v) is 15.2. The number of nitrogens with zero attached hydrogens (tertiary/aromatic N) is 1. The average Bonchev–Trinajstić information content (AvgIpc) is 2.56. The molecule has 1 fully saturated rings. The fraction of sp³-hybridized carbons (Fsp3) is 0.632. The second-order valence-corrected chi connectivity index (χ2v) is 7.40. The SMILES string of the molecule is CC(C)CC[C@@]1(C(=O)O)CN(Cc2ccccc2OC(F)F)CC[C@H]1O.